The number of hydrogen-bond donors (Lipinski definition) is 2. The molecule has 0 amide bonds. The topological polar surface area (TPSA) is 148 Å². The molecule has 1 aliphatic heterocycles. The summed E-state index contributed by atoms with van der Waals surface area (Å²) in [6, 6.07) is 19.4. The number of thiazole rings is 1. The first-order chi connectivity index (χ1) is 19.8. The Bertz CT molecular complexity index is 1650. The Morgan fingerprint density at radius 1 is 1.10 bits per heavy atom. The molecule has 1 aromatic heterocycles. The van der Waals surface area contributed by atoms with Gasteiger partial charge < -0.3 is 14.4 Å². The molecule has 0 atom stereocenters. The van der Waals surface area contributed by atoms with Gasteiger partial charge in [0.2, 0.25) is 0 Å². The Morgan fingerprint density at radius 2 is 1.83 bits per heavy atom. The van der Waals surface area contributed by atoms with Crippen molar-refractivity contribution in [2.75, 3.05) is 48.5 Å². The van der Waals surface area contributed by atoms with E-state index in [0.29, 0.717) is 19.0 Å². The van der Waals surface area contributed by atoms with Crippen molar-refractivity contribution in [3.8, 4) is 17.0 Å². The highest BCUT2D eigenvalue weighted by Crippen LogP contribution is 2.33. The second-order valence-electron chi connectivity index (χ2n) is 8.82. The van der Waals surface area contributed by atoms with Gasteiger partial charge in [0.05, 0.1) is 47.7 Å². The van der Waals surface area contributed by atoms with Crippen LogP contribution in [-0.4, -0.2) is 58.0 Å². The van der Waals surface area contributed by atoms with Crippen LogP contribution in [0.3, 0.4) is 0 Å². The van der Waals surface area contributed by atoms with Gasteiger partial charge in [-0.25, -0.2) is 13.4 Å². The molecule has 0 saturated carbocycles. The molecule has 0 spiro atoms. The Hall–Kier alpha value is -4.53. The van der Waals surface area contributed by atoms with E-state index in [2.05, 4.69) is 20.1 Å². The van der Waals surface area contributed by atoms with E-state index in [0.717, 1.165) is 40.4 Å². The lowest BCUT2D eigenvalue weighted by molar-refractivity contribution is -0.385. The quantitative estimate of drug-likeness (QED) is 0.150. The van der Waals surface area contributed by atoms with Gasteiger partial charge >= 0.3 is 0 Å². The molecular weight excluding hydrogens is 568 g/mol. The number of nitro benzene ring substituents is 1. The molecule has 0 bridgehead atoms. The van der Waals surface area contributed by atoms with E-state index in [4.69, 9.17) is 14.5 Å². The van der Waals surface area contributed by atoms with Crippen LogP contribution in [0.1, 0.15) is 4.88 Å². The first kappa shape index (κ1) is 28.0. The largest absolute Gasteiger partial charge is 0.497 e. The Kier molecular flexibility index (Phi) is 8.42. The summed E-state index contributed by atoms with van der Waals surface area (Å²) in [6.45, 7) is 2.68. The van der Waals surface area contributed by atoms with Gasteiger partial charge in [-0.2, -0.15) is 5.10 Å². The third kappa shape index (κ3) is 6.62. The summed E-state index contributed by atoms with van der Waals surface area (Å²) in [5.41, 5.74) is 4.35. The molecule has 0 aliphatic carbocycles. The first-order valence-corrected chi connectivity index (χ1v) is 14.8. The molecule has 14 heteroatoms. The van der Waals surface area contributed by atoms with E-state index in [9.17, 15) is 18.5 Å². The molecule has 1 fully saturated rings. The summed E-state index contributed by atoms with van der Waals surface area (Å²) in [7, 11) is -2.74. The van der Waals surface area contributed by atoms with Crippen molar-refractivity contribution in [2.45, 2.75) is 4.90 Å². The molecule has 0 radical (unpaired) electrons. The number of rotatable bonds is 10. The Balaban J connectivity index is 1.45. The van der Waals surface area contributed by atoms with Crippen LogP contribution in [0, 0.1) is 10.1 Å². The van der Waals surface area contributed by atoms with Crippen molar-refractivity contribution >= 4 is 49.8 Å². The molecule has 212 valence electrons. The standard InChI is InChI=1S/C27H26N6O6S2/c1-38-22-10-7-20(8-11-22)31-41(36,37)25-17-21(33(34)35)9-12-23(25)30-28-18-24-26(19-5-3-2-4-6-19)29-27(40-24)32-13-15-39-16-14-32/h2-12,17-18,30-31H,13-16H2,1H3/b28-18-. The average Bonchev–Trinajstić information content (AvgIpc) is 3.42. The number of non-ortho nitro benzene ring substituents is 1. The fourth-order valence-corrected chi connectivity index (χ4v) is 6.32. The maximum atomic E-state index is 13.3. The molecule has 1 saturated heterocycles. The van der Waals surface area contributed by atoms with Crippen LogP contribution >= 0.6 is 11.3 Å². The van der Waals surface area contributed by atoms with E-state index >= 15 is 0 Å². The summed E-state index contributed by atoms with van der Waals surface area (Å²) in [5, 5.41) is 16.6. The van der Waals surface area contributed by atoms with Gasteiger partial charge in [-0.3, -0.25) is 20.3 Å². The minimum Gasteiger partial charge on any atom is -0.497 e. The molecule has 5 rings (SSSR count). The maximum Gasteiger partial charge on any atom is 0.270 e. The van der Waals surface area contributed by atoms with Crippen LogP contribution in [-0.2, 0) is 14.8 Å². The molecule has 1 aliphatic rings. The summed E-state index contributed by atoms with van der Waals surface area (Å²) >= 11 is 1.46. The van der Waals surface area contributed by atoms with Gasteiger partial charge in [-0.1, -0.05) is 41.7 Å². The predicted molar refractivity (Wildman–Crippen MR) is 159 cm³/mol. The van der Waals surface area contributed by atoms with E-state index in [1.165, 1.54) is 42.7 Å². The van der Waals surface area contributed by atoms with Crippen LogP contribution in [0.5, 0.6) is 5.75 Å². The minimum absolute atomic E-state index is 0.0621. The lowest BCUT2D eigenvalue weighted by Crippen LogP contribution is -2.36. The Labute approximate surface area is 240 Å². The fraction of sp³-hybridized carbons (Fsp3) is 0.185. The number of morpholine rings is 1. The third-order valence-electron chi connectivity index (χ3n) is 6.15. The fourth-order valence-electron chi connectivity index (χ4n) is 4.07. The average molecular weight is 595 g/mol. The molecule has 3 aromatic carbocycles. The van der Waals surface area contributed by atoms with E-state index in [1.807, 2.05) is 30.3 Å². The van der Waals surface area contributed by atoms with Gasteiger partial charge in [0.1, 0.15) is 10.6 Å². The predicted octanol–water partition coefficient (Wildman–Crippen LogP) is 4.81. The summed E-state index contributed by atoms with van der Waals surface area (Å²) in [4.78, 5) is 18.2. The van der Waals surface area contributed by atoms with Crippen molar-refractivity contribution in [2.24, 2.45) is 5.10 Å². The molecule has 12 nitrogen and oxygen atoms in total. The number of methoxy groups -OCH3 is 1. The zero-order valence-corrected chi connectivity index (χ0v) is 23.5. The molecule has 0 unspecified atom stereocenters. The number of nitrogens with zero attached hydrogens (tertiary/aromatic N) is 4. The van der Waals surface area contributed by atoms with E-state index in [-0.39, 0.29) is 22.0 Å². The number of hydrogen-bond acceptors (Lipinski definition) is 11. The summed E-state index contributed by atoms with van der Waals surface area (Å²) in [5.74, 6) is 0.551. The number of sulfonamides is 1. The summed E-state index contributed by atoms with van der Waals surface area (Å²) < 4.78 is 39.7. The van der Waals surface area contributed by atoms with Gasteiger partial charge in [0.15, 0.2) is 5.13 Å². The number of benzene rings is 3. The second kappa shape index (κ2) is 12.3. The number of anilines is 3. The smallest absolute Gasteiger partial charge is 0.270 e. The van der Waals surface area contributed by atoms with E-state index in [1.54, 1.807) is 18.3 Å². The normalized spacial score (nSPS) is 13.7. The highest BCUT2D eigenvalue weighted by atomic mass is 32.2. The van der Waals surface area contributed by atoms with Gasteiger partial charge in [0, 0.05) is 36.5 Å². The maximum absolute atomic E-state index is 13.3. The number of aromatic nitrogens is 1. The molecule has 2 heterocycles. The van der Waals surface area contributed by atoms with Crippen molar-refractivity contribution in [1.29, 1.82) is 0 Å². The van der Waals surface area contributed by atoms with Crippen LogP contribution in [0.15, 0.2) is 82.8 Å². The summed E-state index contributed by atoms with van der Waals surface area (Å²) in [6.07, 6.45) is 1.57. The number of nitrogens with one attached hydrogen (secondary N) is 2. The van der Waals surface area contributed by atoms with Gasteiger partial charge in [0.25, 0.3) is 15.7 Å². The number of ether oxygens (including phenoxy) is 2. The zero-order chi connectivity index (χ0) is 28.8. The van der Waals surface area contributed by atoms with Crippen LogP contribution in [0.2, 0.25) is 0 Å². The molecular formula is C27H26N6O6S2. The Morgan fingerprint density at radius 3 is 2.51 bits per heavy atom. The highest BCUT2D eigenvalue weighted by molar-refractivity contribution is 7.92. The van der Waals surface area contributed by atoms with Crippen LogP contribution < -0.4 is 19.8 Å². The lowest BCUT2D eigenvalue weighted by Gasteiger charge is -2.26. The van der Waals surface area contributed by atoms with Crippen LogP contribution in [0.25, 0.3) is 11.3 Å². The molecule has 4 aromatic rings. The van der Waals surface area contributed by atoms with Crippen LogP contribution in [0.4, 0.5) is 22.2 Å². The van der Waals surface area contributed by atoms with Crippen molar-refractivity contribution in [3.05, 3.63) is 87.8 Å². The van der Waals surface area contributed by atoms with Crippen molar-refractivity contribution in [1.82, 2.24) is 4.98 Å². The van der Waals surface area contributed by atoms with Gasteiger partial charge in [-0.15, -0.1) is 0 Å². The molecule has 2 N–H and O–H groups in total. The highest BCUT2D eigenvalue weighted by Gasteiger charge is 2.23. The van der Waals surface area contributed by atoms with Crippen molar-refractivity contribution in [3.63, 3.8) is 0 Å². The SMILES string of the molecule is COc1ccc(NS(=O)(=O)c2cc([N+](=O)[O-])ccc2N/N=C\c2sc(N3CCOCC3)nc2-c2ccccc2)cc1. The molecule has 41 heavy (non-hydrogen) atoms. The monoisotopic (exact) mass is 594 g/mol. The lowest BCUT2D eigenvalue weighted by atomic mass is 10.1. The minimum atomic E-state index is -4.24. The number of nitro groups is 1. The zero-order valence-electron chi connectivity index (χ0n) is 21.9. The number of hydrazone groups is 1. The van der Waals surface area contributed by atoms with E-state index < -0.39 is 14.9 Å². The van der Waals surface area contributed by atoms with Crippen molar-refractivity contribution < 1.29 is 22.8 Å². The second-order valence-corrected chi connectivity index (χ2v) is 11.5. The third-order valence-corrected chi connectivity index (χ3v) is 8.62. The van der Waals surface area contributed by atoms with Gasteiger partial charge in [-0.05, 0) is 30.3 Å². The first-order valence-electron chi connectivity index (χ1n) is 12.5.